The maximum Gasteiger partial charge on any atom is 0.207 e. The number of aromatic nitrogens is 2. The summed E-state index contributed by atoms with van der Waals surface area (Å²) >= 11 is 0. The molecule has 1 aromatic carbocycles. The van der Waals surface area contributed by atoms with Crippen LogP contribution in [0.2, 0.25) is 0 Å². The largest absolute Gasteiger partial charge is 0.325 e. The highest BCUT2D eigenvalue weighted by atomic mass is 15.2. The molecule has 0 radical (unpaired) electrons. The fourth-order valence-corrected chi connectivity index (χ4v) is 1.49. The summed E-state index contributed by atoms with van der Waals surface area (Å²) in [6.45, 7) is 4.22. The van der Waals surface area contributed by atoms with Crippen molar-refractivity contribution < 1.29 is 0 Å². The van der Waals surface area contributed by atoms with Crippen molar-refractivity contribution in [1.82, 2.24) is 9.55 Å². The summed E-state index contributed by atoms with van der Waals surface area (Å²) in [5.41, 5.74) is 3.67. The van der Waals surface area contributed by atoms with E-state index in [4.69, 9.17) is 0 Å². The number of hydrogen-bond donors (Lipinski definition) is 1. The van der Waals surface area contributed by atoms with E-state index >= 15 is 0 Å². The molecular weight excluding hydrogens is 186 g/mol. The first-order valence-electron chi connectivity index (χ1n) is 4.99. The standard InChI is InChI=1S/C12H15N3/c1-9-5-4-6-11(10(9)2)14-12-13-7-8-15(12)3/h4-8H,1-3H3,(H,13,14). The zero-order chi connectivity index (χ0) is 10.8. The minimum absolute atomic E-state index is 0.865. The van der Waals surface area contributed by atoms with Gasteiger partial charge in [0.15, 0.2) is 0 Å². The molecule has 2 rings (SSSR count). The number of imidazole rings is 1. The minimum atomic E-state index is 0.865. The highest BCUT2D eigenvalue weighted by molar-refractivity contribution is 5.60. The van der Waals surface area contributed by atoms with Gasteiger partial charge in [-0.1, -0.05) is 12.1 Å². The van der Waals surface area contributed by atoms with Crippen molar-refractivity contribution in [2.24, 2.45) is 7.05 Å². The van der Waals surface area contributed by atoms with Gasteiger partial charge in [0.1, 0.15) is 0 Å². The van der Waals surface area contributed by atoms with Gasteiger partial charge in [0.25, 0.3) is 0 Å². The molecule has 0 aliphatic heterocycles. The van der Waals surface area contributed by atoms with Crippen LogP contribution in [0, 0.1) is 13.8 Å². The lowest BCUT2D eigenvalue weighted by molar-refractivity contribution is 0.924. The summed E-state index contributed by atoms with van der Waals surface area (Å²) in [4.78, 5) is 4.23. The smallest absolute Gasteiger partial charge is 0.207 e. The molecule has 3 nitrogen and oxygen atoms in total. The molecule has 1 N–H and O–H groups in total. The molecule has 1 heterocycles. The van der Waals surface area contributed by atoms with E-state index in [0.29, 0.717) is 0 Å². The predicted molar refractivity (Wildman–Crippen MR) is 62.4 cm³/mol. The monoisotopic (exact) mass is 201 g/mol. The van der Waals surface area contributed by atoms with Crippen LogP contribution in [0.1, 0.15) is 11.1 Å². The Morgan fingerprint density at radius 1 is 1.27 bits per heavy atom. The number of hydrogen-bond acceptors (Lipinski definition) is 2. The van der Waals surface area contributed by atoms with Crippen molar-refractivity contribution in [3.63, 3.8) is 0 Å². The van der Waals surface area contributed by atoms with E-state index in [0.717, 1.165) is 11.6 Å². The molecule has 15 heavy (non-hydrogen) atoms. The number of nitrogens with one attached hydrogen (secondary N) is 1. The summed E-state index contributed by atoms with van der Waals surface area (Å²) in [6.07, 6.45) is 3.71. The minimum Gasteiger partial charge on any atom is -0.325 e. The van der Waals surface area contributed by atoms with Crippen molar-refractivity contribution in [1.29, 1.82) is 0 Å². The second kappa shape index (κ2) is 3.77. The van der Waals surface area contributed by atoms with Crippen LogP contribution in [0.25, 0.3) is 0 Å². The third-order valence-corrected chi connectivity index (χ3v) is 2.67. The average Bonchev–Trinajstić information content (AvgIpc) is 2.60. The molecule has 78 valence electrons. The topological polar surface area (TPSA) is 29.9 Å². The molecule has 0 bridgehead atoms. The van der Waals surface area contributed by atoms with E-state index in [1.807, 2.05) is 23.9 Å². The molecule has 0 aliphatic rings. The van der Waals surface area contributed by atoms with Gasteiger partial charge in [0.2, 0.25) is 5.95 Å². The van der Waals surface area contributed by atoms with Crippen LogP contribution >= 0.6 is 0 Å². The first-order valence-corrected chi connectivity index (χ1v) is 4.99. The normalized spacial score (nSPS) is 10.3. The number of rotatable bonds is 2. The van der Waals surface area contributed by atoms with Crippen LogP contribution < -0.4 is 5.32 Å². The summed E-state index contributed by atoms with van der Waals surface area (Å²) in [5.74, 6) is 0.865. The van der Waals surface area contributed by atoms with E-state index in [9.17, 15) is 0 Å². The van der Waals surface area contributed by atoms with Crippen LogP contribution in [-0.2, 0) is 7.05 Å². The zero-order valence-electron chi connectivity index (χ0n) is 9.28. The number of aryl methyl sites for hydroxylation is 2. The first kappa shape index (κ1) is 9.77. The van der Waals surface area contributed by atoms with Crippen LogP contribution in [0.15, 0.2) is 30.6 Å². The fraction of sp³-hybridized carbons (Fsp3) is 0.250. The SMILES string of the molecule is Cc1cccc(Nc2nccn2C)c1C. The van der Waals surface area contributed by atoms with Gasteiger partial charge in [0, 0.05) is 25.1 Å². The van der Waals surface area contributed by atoms with Gasteiger partial charge in [-0.05, 0) is 31.0 Å². The molecule has 0 unspecified atom stereocenters. The Balaban J connectivity index is 2.33. The van der Waals surface area contributed by atoms with Crippen LogP contribution in [0.3, 0.4) is 0 Å². The zero-order valence-corrected chi connectivity index (χ0v) is 9.28. The Morgan fingerprint density at radius 2 is 2.07 bits per heavy atom. The maximum atomic E-state index is 4.23. The number of benzene rings is 1. The lowest BCUT2D eigenvalue weighted by Crippen LogP contribution is -2.00. The molecule has 3 heteroatoms. The number of anilines is 2. The number of nitrogens with zero attached hydrogens (tertiary/aromatic N) is 2. The van der Waals surface area contributed by atoms with Gasteiger partial charge < -0.3 is 9.88 Å². The fourth-order valence-electron chi connectivity index (χ4n) is 1.49. The van der Waals surface area contributed by atoms with Crippen LogP contribution in [0.5, 0.6) is 0 Å². The Kier molecular flexibility index (Phi) is 2.46. The van der Waals surface area contributed by atoms with Crippen molar-refractivity contribution >= 4 is 11.6 Å². The molecule has 2 aromatic rings. The molecule has 0 fully saturated rings. The van der Waals surface area contributed by atoms with Gasteiger partial charge >= 0.3 is 0 Å². The van der Waals surface area contributed by atoms with Gasteiger partial charge in [-0.3, -0.25) is 0 Å². The lowest BCUT2D eigenvalue weighted by atomic mass is 10.1. The summed E-state index contributed by atoms with van der Waals surface area (Å²) in [6, 6.07) is 6.23. The Hall–Kier alpha value is -1.77. The molecule has 0 amide bonds. The van der Waals surface area contributed by atoms with E-state index in [1.165, 1.54) is 11.1 Å². The average molecular weight is 201 g/mol. The van der Waals surface area contributed by atoms with Gasteiger partial charge in [-0.2, -0.15) is 0 Å². The highest BCUT2D eigenvalue weighted by Gasteiger charge is 2.03. The summed E-state index contributed by atoms with van der Waals surface area (Å²) in [7, 11) is 1.97. The van der Waals surface area contributed by atoms with Crippen molar-refractivity contribution in [3.8, 4) is 0 Å². The van der Waals surface area contributed by atoms with Gasteiger partial charge in [0.05, 0.1) is 0 Å². The third kappa shape index (κ3) is 1.86. The second-order valence-electron chi connectivity index (χ2n) is 3.73. The van der Waals surface area contributed by atoms with E-state index in [-0.39, 0.29) is 0 Å². The third-order valence-electron chi connectivity index (χ3n) is 2.67. The second-order valence-corrected chi connectivity index (χ2v) is 3.73. The molecular formula is C12H15N3. The summed E-state index contributed by atoms with van der Waals surface area (Å²) in [5, 5.41) is 3.31. The van der Waals surface area contributed by atoms with Crippen molar-refractivity contribution in [2.75, 3.05) is 5.32 Å². The highest BCUT2D eigenvalue weighted by Crippen LogP contribution is 2.21. The lowest BCUT2D eigenvalue weighted by Gasteiger charge is -2.10. The van der Waals surface area contributed by atoms with E-state index < -0.39 is 0 Å². The Labute approximate surface area is 89.8 Å². The summed E-state index contributed by atoms with van der Waals surface area (Å²) < 4.78 is 1.96. The van der Waals surface area contributed by atoms with Crippen molar-refractivity contribution in [3.05, 3.63) is 41.7 Å². The van der Waals surface area contributed by atoms with Crippen LogP contribution in [-0.4, -0.2) is 9.55 Å². The predicted octanol–water partition coefficient (Wildman–Crippen LogP) is 2.78. The van der Waals surface area contributed by atoms with E-state index in [1.54, 1.807) is 6.20 Å². The molecule has 0 aliphatic carbocycles. The first-order chi connectivity index (χ1) is 7.18. The molecule has 1 aromatic heterocycles. The Morgan fingerprint density at radius 3 is 2.73 bits per heavy atom. The van der Waals surface area contributed by atoms with Crippen molar-refractivity contribution in [2.45, 2.75) is 13.8 Å². The molecule has 0 atom stereocenters. The Bertz CT molecular complexity index is 471. The molecule has 0 saturated carbocycles. The van der Waals surface area contributed by atoms with E-state index in [2.05, 4.69) is 36.3 Å². The van der Waals surface area contributed by atoms with Gasteiger partial charge in [-0.25, -0.2) is 4.98 Å². The molecule has 0 saturated heterocycles. The quantitative estimate of drug-likeness (QED) is 0.809. The van der Waals surface area contributed by atoms with Crippen LogP contribution in [0.4, 0.5) is 11.6 Å². The molecule has 0 spiro atoms. The van der Waals surface area contributed by atoms with Gasteiger partial charge in [-0.15, -0.1) is 0 Å². The maximum absolute atomic E-state index is 4.23.